The molecule has 5 heteroatoms. The molecule has 0 aliphatic heterocycles. The molecule has 22 heavy (non-hydrogen) atoms. The molecule has 0 heterocycles. The second-order valence-electron chi connectivity index (χ2n) is 4.87. The molecule has 0 bridgehead atoms. The molecule has 0 aliphatic rings. The van der Waals surface area contributed by atoms with Gasteiger partial charge in [0.05, 0.1) is 4.47 Å². The molecule has 0 radical (unpaired) electrons. The van der Waals surface area contributed by atoms with Crippen molar-refractivity contribution in [3.8, 4) is 5.75 Å². The summed E-state index contributed by atoms with van der Waals surface area (Å²) in [6.45, 7) is 3.85. The van der Waals surface area contributed by atoms with Crippen molar-refractivity contribution in [2.45, 2.75) is 20.3 Å². The maximum atomic E-state index is 13.0. The van der Waals surface area contributed by atoms with Crippen LogP contribution in [0.1, 0.15) is 18.1 Å². The molecule has 0 saturated heterocycles. The Morgan fingerprint density at radius 2 is 2.09 bits per heavy atom. The largest absolute Gasteiger partial charge is 0.483 e. The maximum absolute atomic E-state index is 13.0. The van der Waals surface area contributed by atoms with Crippen LogP contribution in [0.15, 0.2) is 40.9 Å². The Morgan fingerprint density at radius 3 is 2.77 bits per heavy atom. The number of carbonyl (C=O) groups is 1. The van der Waals surface area contributed by atoms with Gasteiger partial charge in [0.25, 0.3) is 5.91 Å². The van der Waals surface area contributed by atoms with Crippen LogP contribution in [0.25, 0.3) is 0 Å². The molecular formula is C17H17BrFNO2. The highest BCUT2D eigenvalue weighted by atomic mass is 79.9. The number of nitrogens with one attached hydrogen (secondary N) is 1. The van der Waals surface area contributed by atoms with Gasteiger partial charge in [0.1, 0.15) is 11.6 Å². The Labute approximate surface area is 137 Å². The van der Waals surface area contributed by atoms with Crippen molar-refractivity contribution >= 4 is 27.5 Å². The summed E-state index contributed by atoms with van der Waals surface area (Å²) in [5, 5.41) is 2.88. The summed E-state index contributed by atoms with van der Waals surface area (Å²) >= 11 is 3.20. The fourth-order valence-corrected chi connectivity index (χ4v) is 2.58. The predicted molar refractivity (Wildman–Crippen MR) is 88.8 cm³/mol. The number of benzene rings is 2. The monoisotopic (exact) mass is 365 g/mol. The van der Waals surface area contributed by atoms with E-state index in [9.17, 15) is 9.18 Å². The fourth-order valence-electron chi connectivity index (χ4n) is 2.11. The van der Waals surface area contributed by atoms with E-state index in [1.54, 1.807) is 0 Å². The number of halogens is 2. The SMILES string of the molecule is CCc1cccc(C)c1NC(=O)COc1ccc(F)cc1Br. The van der Waals surface area contributed by atoms with Crippen LogP contribution >= 0.6 is 15.9 Å². The summed E-state index contributed by atoms with van der Waals surface area (Å²) in [6.07, 6.45) is 0.835. The van der Waals surface area contributed by atoms with E-state index in [1.807, 2.05) is 32.0 Å². The Morgan fingerprint density at radius 1 is 1.32 bits per heavy atom. The van der Waals surface area contributed by atoms with Gasteiger partial charge in [-0.3, -0.25) is 4.79 Å². The molecule has 0 saturated carbocycles. The first-order valence-corrected chi connectivity index (χ1v) is 7.76. The van der Waals surface area contributed by atoms with E-state index in [2.05, 4.69) is 21.2 Å². The van der Waals surface area contributed by atoms with Crippen LogP contribution in [0.5, 0.6) is 5.75 Å². The highest BCUT2D eigenvalue weighted by molar-refractivity contribution is 9.10. The van der Waals surface area contributed by atoms with Crippen molar-refractivity contribution in [3.63, 3.8) is 0 Å². The zero-order chi connectivity index (χ0) is 16.1. The third-order valence-electron chi connectivity index (χ3n) is 3.26. The van der Waals surface area contributed by atoms with Crippen molar-refractivity contribution < 1.29 is 13.9 Å². The Kier molecular flexibility index (Phi) is 5.55. The third kappa shape index (κ3) is 4.07. The van der Waals surface area contributed by atoms with E-state index in [1.165, 1.54) is 18.2 Å². The molecule has 0 atom stereocenters. The topological polar surface area (TPSA) is 38.3 Å². The van der Waals surface area contributed by atoms with Crippen molar-refractivity contribution in [1.82, 2.24) is 0 Å². The van der Waals surface area contributed by atoms with Crippen LogP contribution < -0.4 is 10.1 Å². The van der Waals surface area contributed by atoms with Crippen LogP contribution in [-0.2, 0) is 11.2 Å². The van der Waals surface area contributed by atoms with Crippen molar-refractivity contribution in [2.24, 2.45) is 0 Å². The molecule has 2 rings (SSSR count). The van der Waals surface area contributed by atoms with Crippen molar-refractivity contribution in [2.75, 3.05) is 11.9 Å². The minimum Gasteiger partial charge on any atom is -0.483 e. The average Bonchev–Trinajstić information content (AvgIpc) is 2.48. The molecule has 0 unspecified atom stereocenters. The first-order chi connectivity index (χ1) is 10.5. The second-order valence-corrected chi connectivity index (χ2v) is 5.73. The molecule has 2 aromatic rings. The van der Waals surface area contributed by atoms with Crippen LogP contribution in [0.3, 0.4) is 0 Å². The average molecular weight is 366 g/mol. The first-order valence-electron chi connectivity index (χ1n) is 6.97. The molecule has 1 amide bonds. The summed E-state index contributed by atoms with van der Waals surface area (Å²) in [5.41, 5.74) is 2.92. The fraction of sp³-hybridized carbons (Fsp3) is 0.235. The number of amides is 1. The zero-order valence-electron chi connectivity index (χ0n) is 12.5. The highest BCUT2D eigenvalue weighted by Crippen LogP contribution is 2.25. The summed E-state index contributed by atoms with van der Waals surface area (Å²) in [5.74, 6) is -0.187. The number of aryl methyl sites for hydroxylation is 2. The lowest BCUT2D eigenvalue weighted by Crippen LogP contribution is -2.21. The minimum absolute atomic E-state index is 0.137. The van der Waals surface area contributed by atoms with E-state index in [4.69, 9.17) is 4.74 Å². The van der Waals surface area contributed by atoms with Gasteiger partial charge in [-0.2, -0.15) is 0 Å². The van der Waals surface area contributed by atoms with Gasteiger partial charge in [-0.25, -0.2) is 4.39 Å². The van der Waals surface area contributed by atoms with Gasteiger partial charge in [0.15, 0.2) is 6.61 Å². The van der Waals surface area contributed by atoms with Gasteiger partial charge >= 0.3 is 0 Å². The Hall–Kier alpha value is -1.88. The predicted octanol–water partition coefficient (Wildman–Crippen LogP) is 4.48. The van der Waals surface area contributed by atoms with Crippen LogP contribution in [0, 0.1) is 12.7 Å². The van der Waals surface area contributed by atoms with Crippen LogP contribution in [-0.4, -0.2) is 12.5 Å². The number of ether oxygens (including phenoxy) is 1. The lowest BCUT2D eigenvalue weighted by Gasteiger charge is -2.13. The summed E-state index contributed by atoms with van der Waals surface area (Å²) in [7, 11) is 0. The van der Waals surface area contributed by atoms with E-state index < -0.39 is 0 Å². The maximum Gasteiger partial charge on any atom is 0.262 e. The van der Waals surface area contributed by atoms with E-state index >= 15 is 0 Å². The number of anilines is 1. The number of carbonyl (C=O) groups excluding carboxylic acids is 1. The van der Waals surface area contributed by atoms with Gasteiger partial charge < -0.3 is 10.1 Å². The van der Waals surface area contributed by atoms with E-state index in [0.717, 1.165) is 23.2 Å². The van der Waals surface area contributed by atoms with E-state index in [-0.39, 0.29) is 18.3 Å². The van der Waals surface area contributed by atoms with Gasteiger partial charge in [-0.1, -0.05) is 25.1 Å². The highest BCUT2D eigenvalue weighted by Gasteiger charge is 2.10. The van der Waals surface area contributed by atoms with Gasteiger partial charge in [-0.05, 0) is 58.6 Å². The quantitative estimate of drug-likeness (QED) is 0.848. The molecule has 3 nitrogen and oxygen atoms in total. The summed E-state index contributed by atoms with van der Waals surface area (Å²) in [6, 6.07) is 9.97. The summed E-state index contributed by atoms with van der Waals surface area (Å²) in [4.78, 5) is 12.1. The minimum atomic E-state index is -0.365. The van der Waals surface area contributed by atoms with Gasteiger partial charge in [0, 0.05) is 5.69 Å². The molecule has 0 aromatic heterocycles. The number of hydrogen-bond acceptors (Lipinski definition) is 2. The lowest BCUT2D eigenvalue weighted by atomic mass is 10.1. The first kappa shape index (κ1) is 16.5. The molecule has 116 valence electrons. The van der Waals surface area contributed by atoms with Gasteiger partial charge in [0.2, 0.25) is 0 Å². The Balaban J connectivity index is 2.02. The zero-order valence-corrected chi connectivity index (χ0v) is 14.0. The molecular weight excluding hydrogens is 349 g/mol. The number of hydrogen-bond donors (Lipinski definition) is 1. The molecule has 0 fully saturated rings. The molecule has 2 aromatic carbocycles. The lowest BCUT2D eigenvalue weighted by molar-refractivity contribution is -0.118. The summed E-state index contributed by atoms with van der Waals surface area (Å²) < 4.78 is 18.9. The standard InChI is InChI=1S/C17H17BrFNO2/c1-3-12-6-4-5-11(2)17(12)20-16(21)10-22-15-8-7-13(19)9-14(15)18/h4-9H,3,10H2,1-2H3,(H,20,21). The Bertz CT molecular complexity index is 688. The van der Waals surface area contributed by atoms with Crippen molar-refractivity contribution in [3.05, 3.63) is 57.8 Å². The molecule has 1 N–H and O–H groups in total. The van der Waals surface area contributed by atoms with Gasteiger partial charge in [-0.15, -0.1) is 0 Å². The van der Waals surface area contributed by atoms with Crippen molar-refractivity contribution in [1.29, 1.82) is 0 Å². The smallest absolute Gasteiger partial charge is 0.262 e. The third-order valence-corrected chi connectivity index (χ3v) is 3.88. The van der Waals surface area contributed by atoms with Crippen LogP contribution in [0.4, 0.5) is 10.1 Å². The molecule has 0 aliphatic carbocycles. The normalized spacial score (nSPS) is 10.4. The number of rotatable bonds is 5. The molecule has 0 spiro atoms. The number of para-hydroxylation sites is 1. The van der Waals surface area contributed by atoms with E-state index in [0.29, 0.717) is 10.2 Å². The van der Waals surface area contributed by atoms with Crippen LogP contribution in [0.2, 0.25) is 0 Å². The second kappa shape index (κ2) is 7.40.